The Morgan fingerprint density at radius 1 is 0.971 bits per heavy atom. The molecule has 0 aromatic heterocycles. The number of rotatable bonds is 20. The fourth-order valence-corrected chi connectivity index (χ4v) is 4.05. The number of carbonyl (C=O) groups is 2. The van der Waals surface area contributed by atoms with Crippen molar-refractivity contribution >= 4 is 29.1 Å². The van der Waals surface area contributed by atoms with Gasteiger partial charge in [0, 0.05) is 70.6 Å². The Bertz CT molecular complexity index is 740. The van der Waals surface area contributed by atoms with Crippen molar-refractivity contribution in [3.05, 3.63) is 42.5 Å². The second-order valence-electron chi connectivity index (χ2n) is 9.70. The second kappa shape index (κ2) is 18.2. The molecule has 1 rings (SSSR count). The lowest BCUT2D eigenvalue weighted by Gasteiger charge is -2.30. The third-order valence-electron chi connectivity index (χ3n) is 6.07. The average molecular weight is 509 g/mol. The van der Waals surface area contributed by atoms with E-state index in [9.17, 15) is 9.59 Å². The number of benzene rings is 1. The zero-order chi connectivity index (χ0) is 25.9. The molecule has 0 unspecified atom stereocenters. The van der Waals surface area contributed by atoms with E-state index in [4.69, 9.17) is 11.6 Å². The first kappa shape index (κ1) is 30.9. The Morgan fingerprint density at radius 3 is 2.29 bits per heavy atom. The van der Waals surface area contributed by atoms with Crippen LogP contribution in [0.3, 0.4) is 0 Å². The molecule has 0 bridgehead atoms. The lowest BCUT2D eigenvalue weighted by molar-refractivity contribution is -0.890. The van der Waals surface area contributed by atoms with E-state index in [1.807, 2.05) is 0 Å². The highest BCUT2D eigenvalue weighted by Gasteiger charge is 2.14. The highest BCUT2D eigenvalue weighted by molar-refractivity contribution is 6.18. The molecule has 0 heterocycles. The van der Waals surface area contributed by atoms with Gasteiger partial charge in [0.15, 0.2) is 0 Å². The normalized spacial score (nSPS) is 11.2. The molecule has 0 saturated heterocycles. The Labute approximate surface area is 217 Å². The van der Waals surface area contributed by atoms with Gasteiger partial charge in [0.1, 0.15) is 0 Å². The van der Waals surface area contributed by atoms with E-state index < -0.39 is 0 Å². The zero-order valence-electron chi connectivity index (χ0n) is 22.1. The summed E-state index contributed by atoms with van der Waals surface area (Å²) in [6.45, 7) is 9.64. The van der Waals surface area contributed by atoms with Gasteiger partial charge in [0.2, 0.25) is 11.8 Å². The molecule has 2 amide bonds. The average Bonchev–Trinajstić information content (AvgIpc) is 2.84. The van der Waals surface area contributed by atoms with E-state index in [1.165, 1.54) is 17.3 Å². The van der Waals surface area contributed by atoms with E-state index in [1.54, 1.807) is 0 Å². The third-order valence-corrected chi connectivity index (χ3v) is 6.24. The number of unbranched alkanes of at least 4 members (excludes halogenated alkanes) is 2. The number of nitrogens with zero attached hydrogens (tertiary/aromatic N) is 2. The summed E-state index contributed by atoms with van der Waals surface area (Å²) < 4.78 is 0.954. The summed E-state index contributed by atoms with van der Waals surface area (Å²) in [6.07, 6.45) is 6.57. The predicted molar refractivity (Wildman–Crippen MR) is 148 cm³/mol. The molecule has 0 aliphatic carbocycles. The quantitative estimate of drug-likeness (QED) is 0.109. The SMILES string of the molecule is C=CC(=O)NCCCCCC(=O)NCCC[N+](C)(C)CCCNCc1ccc(N(C)CCCl)cc1. The van der Waals surface area contributed by atoms with E-state index in [2.05, 4.69) is 72.8 Å². The zero-order valence-corrected chi connectivity index (χ0v) is 22.8. The minimum atomic E-state index is -0.145. The molecule has 0 spiro atoms. The van der Waals surface area contributed by atoms with Crippen LogP contribution in [0.1, 0.15) is 44.1 Å². The fraction of sp³-hybridized carbons (Fsp3) is 0.630. The summed E-state index contributed by atoms with van der Waals surface area (Å²) >= 11 is 5.81. The summed E-state index contributed by atoms with van der Waals surface area (Å²) in [6, 6.07) is 8.64. The molecule has 0 radical (unpaired) electrons. The van der Waals surface area contributed by atoms with Crippen LogP contribution in [-0.4, -0.2) is 82.6 Å². The molecular formula is C27H47ClN5O2+. The number of quaternary nitrogens is 1. The molecule has 1 aromatic carbocycles. The number of anilines is 1. The molecule has 0 saturated carbocycles. The van der Waals surface area contributed by atoms with Crippen LogP contribution in [0.2, 0.25) is 0 Å². The minimum Gasteiger partial charge on any atom is -0.373 e. The highest BCUT2D eigenvalue weighted by atomic mass is 35.5. The molecule has 35 heavy (non-hydrogen) atoms. The molecule has 0 aliphatic heterocycles. The Hall–Kier alpha value is -2.09. The van der Waals surface area contributed by atoms with E-state index in [0.29, 0.717) is 18.8 Å². The van der Waals surface area contributed by atoms with Crippen LogP contribution >= 0.6 is 11.6 Å². The van der Waals surface area contributed by atoms with Crippen LogP contribution in [0.15, 0.2) is 36.9 Å². The number of hydrogen-bond donors (Lipinski definition) is 3. The van der Waals surface area contributed by atoms with Crippen molar-refractivity contribution in [2.24, 2.45) is 0 Å². The van der Waals surface area contributed by atoms with Gasteiger partial charge in [-0.15, -0.1) is 11.6 Å². The standard InChI is InChI=1S/C27H46ClN5O2/c1-5-26(34)30-18-8-6-7-11-27(35)31-19-10-22-33(3,4)21-9-17-29-23-24-12-14-25(15-13-24)32(2)20-16-28/h5,12-15,29H,1,6-11,16-23H2,2-4H3,(H-,30,31,34,35)/p+1. The molecule has 8 heteroatoms. The second-order valence-corrected chi connectivity index (χ2v) is 10.1. The van der Waals surface area contributed by atoms with Crippen molar-refractivity contribution in [2.45, 2.75) is 45.1 Å². The number of carbonyl (C=O) groups excluding carboxylic acids is 2. The van der Waals surface area contributed by atoms with Crippen molar-refractivity contribution in [2.75, 3.05) is 71.2 Å². The number of nitrogens with one attached hydrogen (secondary N) is 3. The number of hydrogen-bond acceptors (Lipinski definition) is 4. The monoisotopic (exact) mass is 508 g/mol. The number of halogens is 1. The van der Waals surface area contributed by atoms with Gasteiger partial charge in [-0.3, -0.25) is 9.59 Å². The summed E-state index contributed by atoms with van der Waals surface area (Å²) in [5.74, 6) is 0.603. The van der Waals surface area contributed by atoms with Gasteiger partial charge in [-0.1, -0.05) is 25.1 Å². The first-order valence-corrected chi connectivity index (χ1v) is 13.4. The molecule has 0 atom stereocenters. The first-order chi connectivity index (χ1) is 16.8. The lowest BCUT2D eigenvalue weighted by Crippen LogP contribution is -2.43. The third kappa shape index (κ3) is 15.5. The van der Waals surface area contributed by atoms with Gasteiger partial charge < -0.3 is 25.3 Å². The topological polar surface area (TPSA) is 73.5 Å². The van der Waals surface area contributed by atoms with E-state index in [-0.39, 0.29) is 11.8 Å². The van der Waals surface area contributed by atoms with Gasteiger partial charge in [0.05, 0.1) is 27.2 Å². The van der Waals surface area contributed by atoms with Gasteiger partial charge in [-0.2, -0.15) is 0 Å². The summed E-state index contributed by atoms with van der Waals surface area (Å²) in [5, 5.41) is 9.32. The molecule has 0 fully saturated rings. The molecule has 7 nitrogen and oxygen atoms in total. The van der Waals surface area contributed by atoms with Crippen LogP contribution in [0, 0.1) is 0 Å². The van der Waals surface area contributed by atoms with Gasteiger partial charge in [-0.05, 0) is 36.6 Å². The Morgan fingerprint density at radius 2 is 1.63 bits per heavy atom. The van der Waals surface area contributed by atoms with E-state index in [0.717, 1.165) is 75.9 Å². The minimum absolute atomic E-state index is 0.119. The summed E-state index contributed by atoms with van der Waals surface area (Å²) in [4.78, 5) is 25.2. The highest BCUT2D eigenvalue weighted by Crippen LogP contribution is 2.13. The fourth-order valence-electron chi connectivity index (χ4n) is 3.80. The maximum Gasteiger partial charge on any atom is 0.243 e. The maximum atomic E-state index is 12.0. The maximum absolute atomic E-state index is 12.0. The molecular weight excluding hydrogens is 462 g/mol. The van der Waals surface area contributed by atoms with Crippen molar-refractivity contribution in [3.8, 4) is 0 Å². The lowest BCUT2D eigenvalue weighted by atomic mass is 10.2. The van der Waals surface area contributed by atoms with Gasteiger partial charge in [0.25, 0.3) is 0 Å². The van der Waals surface area contributed by atoms with Crippen LogP contribution in [0.4, 0.5) is 5.69 Å². The predicted octanol–water partition coefficient (Wildman–Crippen LogP) is 3.29. The van der Waals surface area contributed by atoms with Crippen molar-refractivity contribution in [1.82, 2.24) is 16.0 Å². The number of alkyl halides is 1. The van der Waals surface area contributed by atoms with E-state index >= 15 is 0 Å². The summed E-state index contributed by atoms with van der Waals surface area (Å²) in [7, 11) is 6.56. The smallest absolute Gasteiger partial charge is 0.243 e. The Balaban J connectivity index is 2.06. The molecule has 198 valence electrons. The largest absolute Gasteiger partial charge is 0.373 e. The Kier molecular flexibility index (Phi) is 16.1. The molecule has 1 aromatic rings. The van der Waals surface area contributed by atoms with Gasteiger partial charge in [-0.25, -0.2) is 0 Å². The summed E-state index contributed by atoms with van der Waals surface area (Å²) in [5.41, 5.74) is 2.48. The van der Waals surface area contributed by atoms with Crippen LogP contribution in [0.5, 0.6) is 0 Å². The molecule has 0 aliphatic rings. The van der Waals surface area contributed by atoms with Gasteiger partial charge >= 0.3 is 0 Å². The number of amides is 2. The first-order valence-electron chi connectivity index (χ1n) is 12.8. The van der Waals surface area contributed by atoms with Crippen LogP contribution in [0.25, 0.3) is 0 Å². The van der Waals surface area contributed by atoms with Crippen molar-refractivity contribution < 1.29 is 14.1 Å². The van der Waals surface area contributed by atoms with Crippen molar-refractivity contribution in [3.63, 3.8) is 0 Å². The van der Waals surface area contributed by atoms with Crippen LogP contribution in [-0.2, 0) is 16.1 Å². The molecule has 3 N–H and O–H groups in total. The van der Waals surface area contributed by atoms with Crippen LogP contribution < -0.4 is 20.9 Å². The van der Waals surface area contributed by atoms with Crippen molar-refractivity contribution in [1.29, 1.82) is 0 Å².